The van der Waals surface area contributed by atoms with Crippen LogP contribution in [0.2, 0.25) is 0 Å². The molecule has 86 valence electrons. The molecule has 1 aromatic carbocycles. The van der Waals surface area contributed by atoms with E-state index in [1.54, 1.807) is 5.43 Å². The molecule has 0 radical (unpaired) electrons. The van der Waals surface area contributed by atoms with Crippen LogP contribution in [-0.2, 0) is 16.0 Å². The van der Waals surface area contributed by atoms with E-state index >= 15 is 0 Å². The van der Waals surface area contributed by atoms with Gasteiger partial charge in [0.15, 0.2) is 0 Å². The van der Waals surface area contributed by atoms with Crippen LogP contribution in [0.3, 0.4) is 0 Å². The van der Waals surface area contributed by atoms with E-state index in [2.05, 4.69) is 5.32 Å². The van der Waals surface area contributed by atoms with E-state index in [1.807, 2.05) is 30.3 Å². The summed E-state index contributed by atoms with van der Waals surface area (Å²) in [5.41, 5.74) is 2.98. The molecular formula is C11H15N3O2. The Labute approximate surface area is 94.0 Å². The molecule has 4 N–H and O–H groups in total. The fraction of sp³-hybridized carbons (Fsp3) is 0.273. The molecule has 0 aromatic heterocycles. The maximum absolute atomic E-state index is 11.0. The van der Waals surface area contributed by atoms with E-state index in [4.69, 9.17) is 5.84 Å². The maximum atomic E-state index is 11.0. The van der Waals surface area contributed by atoms with E-state index in [9.17, 15) is 9.59 Å². The largest absolute Gasteiger partial charge is 0.348 e. The van der Waals surface area contributed by atoms with Crippen LogP contribution in [0.5, 0.6) is 0 Å². The summed E-state index contributed by atoms with van der Waals surface area (Å²) >= 11 is 0. The third-order valence-electron chi connectivity index (χ3n) is 2.11. The lowest BCUT2D eigenvalue weighted by Crippen LogP contribution is -2.43. The minimum atomic E-state index is -0.820. The van der Waals surface area contributed by atoms with Crippen molar-refractivity contribution >= 4 is 11.8 Å². The lowest BCUT2D eigenvalue weighted by molar-refractivity contribution is -0.139. The first-order valence-corrected chi connectivity index (χ1v) is 5.06. The van der Waals surface area contributed by atoms with Gasteiger partial charge in [-0.3, -0.25) is 15.0 Å². The number of nitrogens with two attached hydrogens (primary N) is 1. The highest BCUT2D eigenvalue weighted by Crippen LogP contribution is 2.01. The SMILES string of the molecule is NNC(=O)C(=O)NCCCc1ccccc1. The lowest BCUT2D eigenvalue weighted by Gasteiger charge is -2.03. The van der Waals surface area contributed by atoms with Crippen LogP contribution >= 0.6 is 0 Å². The van der Waals surface area contributed by atoms with E-state index < -0.39 is 11.8 Å². The second-order valence-corrected chi connectivity index (χ2v) is 3.32. The molecule has 1 rings (SSSR count). The molecule has 0 saturated heterocycles. The smallest absolute Gasteiger partial charge is 0.323 e. The second-order valence-electron chi connectivity index (χ2n) is 3.32. The summed E-state index contributed by atoms with van der Waals surface area (Å²) in [7, 11) is 0. The Balaban J connectivity index is 2.17. The van der Waals surface area contributed by atoms with Crippen LogP contribution in [0.25, 0.3) is 0 Å². The van der Waals surface area contributed by atoms with Crippen molar-refractivity contribution in [3.63, 3.8) is 0 Å². The molecule has 0 atom stereocenters. The second kappa shape index (κ2) is 6.58. The summed E-state index contributed by atoms with van der Waals surface area (Å²) in [6, 6.07) is 9.94. The fourth-order valence-electron chi connectivity index (χ4n) is 1.28. The first kappa shape index (κ1) is 12.2. The van der Waals surface area contributed by atoms with Gasteiger partial charge in [-0.15, -0.1) is 0 Å². The fourth-order valence-corrected chi connectivity index (χ4v) is 1.28. The number of nitrogens with one attached hydrogen (secondary N) is 2. The molecule has 0 fully saturated rings. The third kappa shape index (κ3) is 4.10. The Morgan fingerprint density at radius 1 is 1.12 bits per heavy atom. The standard InChI is InChI=1S/C11H15N3O2/c12-14-11(16)10(15)13-8-4-7-9-5-2-1-3-6-9/h1-3,5-6H,4,7-8,12H2,(H,13,15)(H,14,16). The summed E-state index contributed by atoms with van der Waals surface area (Å²) in [6.45, 7) is 0.459. The maximum Gasteiger partial charge on any atom is 0.323 e. The normalized spacial score (nSPS) is 9.56. The van der Waals surface area contributed by atoms with Crippen molar-refractivity contribution in [3.05, 3.63) is 35.9 Å². The van der Waals surface area contributed by atoms with Gasteiger partial charge in [0, 0.05) is 6.54 Å². The quantitative estimate of drug-likeness (QED) is 0.215. The summed E-state index contributed by atoms with van der Waals surface area (Å²) < 4.78 is 0. The Kier molecular flexibility index (Phi) is 5.01. The Bertz CT molecular complexity index is 352. The van der Waals surface area contributed by atoms with Crippen molar-refractivity contribution in [2.24, 2.45) is 5.84 Å². The first-order valence-electron chi connectivity index (χ1n) is 5.06. The van der Waals surface area contributed by atoms with Crippen molar-refractivity contribution in [2.75, 3.05) is 6.54 Å². The predicted molar refractivity (Wildman–Crippen MR) is 60.1 cm³/mol. The average molecular weight is 221 g/mol. The van der Waals surface area contributed by atoms with E-state index in [0.29, 0.717) is 6.54 Å². The van der Waals surface area contributed by atoms with Gasteiger partial charge in [-0.1, -0.05) is 30.3 Å². The number of hydrogen-bond donors (Lipinski definition) is 3. The molecule has 0 heterocycles. The van der Waals surface area contributed by atoms with Gasteiger partial charge in [-0.25, -0.2) is 5.84 Å². The Morgan fingerprint density at radius 2 is 1.81 bits per heavy atom. The Morgan fingerprint density at radius 3 is 2.44 bits per heavy atom. The van der Waals surface area contributed by atoms with Gasteiger partial charge in [0.2, 0.25) is 0 Å². The monoisotopic (exact) mass is 221 g/mol. The highest BCUT2D eigenvalue weighted by atomic mass is 16.2. The third-order valence-corrected chi connectivity index (χ3v) is 2.11. The number of carbonyl (C=O) groups is 2. The van der Waals surface area contributed by atoms with Gasteiger partial charge in [0.1, 0.15) is 0 Å². The molecule has 0 aliphatic rings. The van der Waals surface area contributed by atoms with Gasteiger partial charge < -0.3 is 5.32 Å². The number of amides is 2. The zero-order chi connectivity index (χ0) is 11.8. The van der Waals surface area contributed by atoms with Crippen molar-refractivity contribution in [3.8, 4) is 0 Å². The van der Waals surface area contributed by atoms with Gasteiger partial charge in [0.25, 0.3) is 0 Å². The topological polar surface area (TPSA) is 84.2 Å². The molecule has 0 aliphatic heterocycles. The lowest BCUT2D eigenvalue weighted by atomic mass is 10.1. The molecule has 0 spiro atoms. The average Bonchev–Trinajstić information content (AvgIpc) is 2.34. The van der Waals surface area contributed by atoms with Crippen LogP contribution in [-0.4, -0.2) is 18.4 Å². The zero-order valence-electron chi connectivity index (χ0n) is 8.90. The summed E-state index contributed by atoms with van der Waals surface area (Å²) in [5, 5.41) is 2.47. The van der Waals surface area contributed by atoms with E-state index in [0.717, 1.165) is 12.8 Å². The Hall–Kier alpha value is -1.88. The van der Waals surface area contributed by atoms with Gasteiger partial charge in [0.05, 0.1) is 0 Å². The van der Waals surface area contributed by atoms with Gasteiger partial charge in [-0.05, 0) is 18.4 Å². The van der Waals surface area contributed by atoms with Crippen LogP contribution in [0, 0.1) is 0 Å². The zero-order valence-corrected chi connectivity index (χ0v) is 8.90. The molecule has 5 nitrogen and oxygen atoms in total. The number of hydrogen-bond acceptors (Lipinski definition) is 3. The highest BCUT2D eigenvalue weighted by Gasteiger charge is 2.09. The number of rotatable bonds is 4. The molecular weight excluding hydrogens is 206 g/mol. The summed E-state index contributed by atoms with van der Waals surface area (Å²) in [5.74, 6) is 3.29. The molecule has 0 aliphatic carbocycles. The minimum absolute atomic E-state index is 0.459. The van der Waals surface area contributed by atoms with Crippen LogP contribution in [0.4, 0.5) is 0 Å². The first-order chi connectivity index (χ1) is 7.74. The van der Waals surface area contributed by atoms with E-state index in [1.165, 1.54) is 5.56 Å². The molecule has 1 aromatic rings. The molecule has 2 amide bonds. The summed E-state index contributed by atoms with van der Waals surface area (Å²) in [6.07, 6.45) is 1.65. The molecule has 0 saturated carbocycles. The van der Waals surface area contributed by atoms with E-state index in [-0.39, 0.29) is 0 Å². The van der Waals surface area contributed by atoms with Crippen molar-refractivity contribution in [1.82, 2.24) is 10.7 Å². The predicted octanol–water partition coefficient (Wildman–Crippen LogP) is -0.275. The van der Waals surface area contributed by atoms with Crippen molar-refractivity contribution in [1.29, 1.82) is 0 Å². The molecule has 0 unspecified atom stereocenters. The van der Waals surface area contributed by atoms with Crippen LogP contribution in [0.15, 0.2) is 30.3 Å². The number of aryl methyl sites for hydroxylation is 1. The molecule has 0 bridgehead atoms. The number of hydrazine groups is 1. The molecule has 5 heteroatoms. The van der Waals surface area contributed by atoms with Gasteiger partial charge >= 0.3 is 11.8 Å². The van der Waals surface area contributed by atoms with Crippen molar-refractivity contribution < 1.29 is 9.59 Å². The summed E-state index contributed by atoms with van der Waals surface area (Å²) in [4.78, 5) is 21.7. The van der Waals surface area contributed by atoms with Crippen LogP contribution < -0.4 is 16.6 Å². The molecule has 16 heavy (non-hydrogen) atoms. The van der Waals surface area contributed by atoms with Crippen molar-refractivity contribution in [2.45, 2.75) is 12.8 Å². The van der Waals surface area contributed by atoms with Crippen LogP contribution in [0.1, 0.15) is 12.0 Å². The number of carbonyl (C=O) groups excluding carboxylic acids is 2. The minimum Gasteiger partial charge on any atom is -0.348 e. The number of benzene rings is 1. The van der Waals surface area contributed by atoms with Gasteiger partial charge in [-0.2, -0.15) is 0 Å². The highest BCUT2D eigenvalue weighted by molar-refractivity contribution is 6.34.